The Morgan fingerprint density at radius 1 is 1.22 bits per heavy atom. The molecule has 0 unspecified atom stereocenters. The summed E-state index contributed by atoms with van der Waals surface area (Å²) >= 11 is 0. The van der Waals surface area contributed by atoms with Gasteiger partial charge < -0.3 is 10.4 Å². The van der Waals surface area contributed by atoms with Crippen LogP contribution in [-0.4, -0.2) is 38.0 Å². The number of halogens is 2. The molecule has 0 radical (unpaired) electrons. The molecule has 0 spiro atoms. The first-order valence-corrected chi connectivity index (χ1v) is 7.19. The molecule has 0 atom stereocenters. The van der Waals surface area contributed by atoms with Crippen LogP contribution in [0.3, 0.4) is 0 Å². The summed E-state index contributed by atoms with van der Waals surface area (Å²) in [4.78, 5) is 0. The first-order chi connectivity index (χ1) is 8.28. The fourth-order valence-electron chi connectivity index (χ4n) is 1.92. The predicted molar refractivity (Wildman–Crippen MR) is 61.7 cm³/mol. The average molecular weight is 277 g/mol. The number of sulfone groups is 1. The number of rotatable bonds is 4. The van der Waals surface area contributed by atoms with E-state index in [0.29, 0.717) is 6.07 Å². The maximum absolute atomic E-state index is 12.9. The van der Waals surface area contributed by atoms with Gasteiger partial charge in [-0.1, -0.05) is 0 Å². The molecule has 2 rings (SSSR count). The third kappa shape index (κ3) is 3.24. The quantitative estimate of drug-likeness (QED) is 0.826. The van der Waals surface area contributed by atoms with Crippen LogP contribution in [0.2, 0.25) is 0 Å². The topological polar surface area (TPSA) is 66.4 Å². The molecular formula is C11H13F2NO3S. The van der Waals surface area contributed by atoms with Crippen LogP contribution in [0.25, 0.3) is 0 Å². The van der Waals surface area contributed by atoms with Gasteiger partial charge in [0.2, 0.25) is 0 Å². The molecule has 2 N–H and O–H groups in total. The van der Waals surface area contributed by atoms with E-state index in [4.69, 9.17) is 0 Å². The Bertz CT molecular complexity index is 535. The lowest BCUT2D eigenvalue weighted by atomic mass is 10.0. The van der Waals surface area contributed by atoms with Crippen molar-refractivity contribution in [2.75, 3.05) is 18.8 Å². The SMILES string of the molecule is O=S(=O)(Cc1cc(F)cc(F)c1)CC1(O)CNC1. The Morgan fingerprint density at radius 3 is 2.22 bits per heavy atom. The molecule has 0 aromatic heterocycles. The van der Waals surface area contributed by atoms with E-state index in [0.717, 1.165) is 12.1 Å². The Labute approximate surface area is 104 Å². The molecule has 1 heterocycles. The first-order valence-electron chi connectivity index (χ1n) is 5.37. The first kappa shape index (κ1) is 13.4. The van der Waals surface area contributed by atoms with Gasteiger partial charge in [0.1, 0.15) is 17.2 Å². The van der Waals surface area contributed by atoms with E-state index in [9.17, 15) is 22.3 Å². The standard InChI is InChI=1S/C11H13F2NO3S/c12-9-1-8(2-10(13)3-9)4-18(16,17)7-11(15)5-14-6-11/h1-3,14-15H,4-7H2. The highest BCUT2D eigenvalue weighted by Gasteiger charge is 2.38. The van der Waals surface area contributed by atoms with Crippen LogP contribution in [0, 0.1) is 11.6 Å². The van der Waals surface area contributed by atoms with E-state index in [1.165, 1.54) is 0 Å². The van der Waals surface area contributed by atoms with Gasteiger partial charge in [-0.15, -0.1) is 0 Å². The number of β-amino-alcohol motifs (C(OH)–C–C–N with tert-alkyl or cyclic N) is 1. The number of benzene rings is 1. The molecule has 4 nitrogen and oxygen atoms in total. The van der Waals surface area contributed by atoms with E-state index in [1.54, 1.807) is 0 Å². The van der Waals surface area contributed by atoms with Gasteiger partial charge in [0, 0.05) is 19.2 Å². The van der Waals surface area contributed by atoms with Crippen LogP contribution in [-0.2, 0) is 15.6 Å². The summed E-state index contributed by atoms with van der Waals surface area (Å²) in [6.45, 7) is 0.424. The third-order valence-electron chi connectivity index (χ3n) is 2.71. The molecule has 1 fully saturated rings. The molecule has 0 saturated carbocycles. The lowest BCUT2D eigenvalue weighted by Crippen LogP contribution is -2.62. The Balaban J connectivity index is 2.12. The second-order valence-corrected chi connectivity index (χ2v) is 6.70. The molecule has 1 aliphatic heterocycles. The third-order valence-corrected chi connectivity index (χ3v) is 4.46. The van der Waals surface area contributed by atoms with Gasteiger partial charge in [0.15, 0.2) is 9.84 Å². The number of hydrogen-bond donors (Lipinski definition) is 2. The maximum atomic E-state index is 12.9. The minimum atomic E-state index is -3.61. The summed E-state index contributed by atoms with van der Waals surface area (Å²) in [5, 5.41) is 12.5. The van der Waals surface area contributed by atoms with E-state index in [-0.39, 0.29) is 18.7 Å². The lowest BCUT2D eigenvalue weighted by molar-refractivity contribution is 0.0120. The van der Waals surface area contributed by atoms with Gasteiger partial charge in [-0.2, -0.15) is 0 Å². The number of aliphatic hydroxyl groups is 1. The van der Waals surface area contributed by atoms with Crippen LogP contribution < -0.4 is 5.32 Å². The highest BCUT2D eigenvalue weighted by atomic mass is 32.2. The summed E-state index contributed by atoms with van der Waals surface area (Å²) < 4.78 is 49.4. The Morgan fingerprint density at radius 2 is 1.78 bits per heavy atom. The molecule has 1 aromatic carbocycles. The number of hydrogen-bond acceptors (Lipinski definition) is 4. The zero-order valence-electron chi connectivity index (χ0n) is 9.49. The summed E-state index contributed by atoms with van der Waals surface area (Å²) in [5.74, 6) is -2.52. The van der Waals surface area contributed by atoms with E-state index in [2.05, 4.69) is 5.32 Å². The van der Waals surface area contributed by atoms with Crippen LogP contribution in [0.4, 0.5) is 8.78 Å². The van der Waals surface area contributed by atoms with Crippen LogP contribution >= 0.6 is 0 Å². The van der Waals surface area contributed by atoms with Crippen molar-refractivity contribution in [3.8, 4) is 0 Å². The zero-order valence-corrected chi connectivity index (χ0v) is 10.3. The van der Waals surface area contributed by atoms with Gasteiger partial charge in [-0.05, 0) is 17.7 Å². The van der Waals surface area contributed by atoms with Gasteiger partial charge in [-0.3, -0.25) is 0 Å². The summed E-state index contributed by atoms with van der Waals surface area (Å²) in [6, 6.07) is 2.63. The van der Waals surface area contributed by atoms with E-state index >= 15 is 0 Å². The van der Waals surface area contributed by atoms with Crippen LogP contribution in [0.15, 0.2) is 18.2 Å². The monoisotopic (exact) mass is 277 g/mol. The predicted octanol–water partition coefficient (Wildman–Crippen LogP) is 0.214. The molecule has 0 amide bonds. The van der Waals surface area contributed by atoms with Crippen molar-refractivity contribution in [2.45, 2.75) is 11.4 Å². The zero-order chi connectivity index (χ0) is 13.4. The van der Waals surface area contributed by atoms with Gasteiger partial charge in [-0.25, -0.2) is 17.2 Å². The number of nitrogens with one attached hydrogen (secondary N) is 1. The highest BCUT2D eigenvalue weighted by Crippen LogP contribution is 2.18. The molecule has 1 saturated heterocycles. The van der Waals surface area contributed by atoms with Crippen molar-refractivity contribution >= 4 is 9.84 Å². The fourth-order valence-corrected chi connectivity index (χ4v) is 3.72. The largest absolute Gasteiger partial charge is 0.386 e. The average Bonchev–Trinajstić information content (AvgIpc) is 2.11. The normalized spacial score (nSPS) is 18.4. The molecule has 0 bridgehead atoms. The molecule has 100 valence electrons. The van der Waals surface area contributed by atoms with Crippen molar-refractivity contribution < 1.29 is 22.3 Å². The van der Waals surface area contributed by atoms with E-state index < -0.39 is 38.6 Å². The highest BCUT2D eigenvalue weighted by molar-refractivity contribution is 7.90. The molecule has 0 aliphatic carbocycles. The molecule has 18 heavy (non-hydrogen) atoms. The minimum Gasteiger partial charge on any atom is -0.386 e. The van der Waals surface area contributed by atoms with Crippen molar-refractivity contribution in [1.29, 1.82) is 0 Å². The molecule has 1 aliphatic rings. The molecule has 1 aromatic rings. The Hall–Kier alpha value is -1.05. The van der Waals surface area contributed by atoms with Gasteiger partial charge in [0.25, 0.3) is 0 Å². The second kappa shape index (κ2) is 4.56. The molecule has 7 heteroatoms. The molecular weight excluding hydrogens is 264 g/mol. The second-order valence-electron chi connectivity index (χ2n) is 4.64. The van der Waals surface area contributed by atoms with Crippen molar-refractivity contribution in [1.82, 2.24) is 5.32 Å². The maximum Gasteiger partial charge on any atom is 0.157 e. The van der Waals surface area contributed by atoms with Crippen molar-refractivity contribution in [3.63, 3.8) is 0 Å². The van der Waals surface area contributed by atoms with Gasteiger partial charge >= 0.3 is 0 Å². The summed E-state index contributed by atoms with van der Waals surface area (Å²) in [7, 11) is -3.61. The summed E-state index contributed by atoms with van der Waals surface area (Å²) in [5.41, 5.74) is -1.21. The van der Waals surface area contributed by atoms with Crippen LogP contribution in [0.1, 0.15) is 5.56 Å². The van der Waals surface area contributed by atoms with Crippen molar-refractivity contribution in [3.05, 3.63) is 35.4 Å². The lowest BCUT2D eigenvalue weighted by Gasteiger charge is -2.37. The smallest absolute Gasteiger partial charge is 0.157 e. The van der Waals surface area contributed by atoms with Crippen LogP contribution in [0.5, 0.6) is 0 Å². The van der Waals surface area contributed by atoms with Crippen molar-refractivity contribution in [2.24, 2.45) is 0 Å². The van der Waals surface area contributed by atoms with Gasteiger partial charge in [0.05, 0.1) is 11.5 Å². The fraction of sp³-hybridized carbons (Fsp3) is 0.455. The Kier molecular flexibility index (Phi) is 3.39. The van der Waals surface area contributed by atoms with E-state index in [1.807, 2.05) is 0 Å². The summed E-state index contributed by atoms with van der Waals surface area (Å²) in [6.07, 6.45) is 0. The minimum absolute atomic E-state index is 0.0448.